The van der Waals surface area contributed by atoms with Crippen molar-refractivity contribution in [3.05, 3.63) is 0 Å². The van der Waals surface area contributed by atoms with Gasteiger partial charge in [-0.3, -0.25) is 14.4 Å². The van der Waals surface area contributed by atoms with Crippen LogP contribution in [0.1, 0.15) is 20.3 Å². The van der Waals surface area contributed by atoms with E-state index in [9.17, 15) is 14.4 Å². The van der Waals surface area contributed by atoms with Gasteiger partial charge in [-0.2, -0.15) is 12.6 Å². The molecular formula is C11H21N3O4S. The first-order valence-corrected chi connectivity index (χ1v) is 6.63. The fourth-order valence-corrected chi connectivity index (χ4v) is 1.48. The zero-order valence-electron chi connectivity index (χ0n) is 11.0. The van der Waals surface area contributed by atoms with E-state index in [4.69, 9.17) is 10.8 Å². The van der Waals surface area contributed by atoms with Crippen molar-refractivity contribution in [2.24, 2.45) is 11.7 Å². The molecule has 0 fully saturated rings. The van der Waals surface area contributed by atoms with Crippen LogP contribution in [0.15, 0.2) is 0 Å². The van der Waals surface area contributed by atoms with Crippen LogP contribution in [-0.2, 0) is 14.4 Å². The van der Waals surface area contributed by atoms with Crippen molar-refractivity contribution in [3.63, 3.8) is 0 Å². The molecule has 110 valence electrons. The molecule has 0 aliphatic carbocycles. The van der Waals surface area contributed by atoms with E-state index in [1.54, 1.807) is 6.92 Å². The second kappa shape index (κ2) is 8.76. The lowest BCUT2D eigenvalue weighted by molar-refractivity contribution is -0.138. The number of rotatable bonds is 8. The lowest BCUT2D eigenvalue weighted by atomic mass is 9.98. The Balaban J connectivity index is 4.67. The third kappa shape index (κ3) is 6.44. The van der Waals surface area contributed by atoms with Gasteiger partial charge in [-0.25, -0.2) is 0 Å². The summed E-state index contributed by atoms with van der Waals surface area (Å²) in [5.74, 6) is -2.13. The number of hydrogen-bond acceptors (Lipinski definition) is 5. The normalized spacial score (nSPS) is 15.2. The second-order valence-corrected chi connectivity index (χ2v) is 4.64. The predicted molar refractivity (Wildman–Crippen MR) is 73.9 cm³/mol. The summed E-state index contributed by atoms with van der Waals surface area (Å²) < 4.78 is 0. The third-order valence-electron chi connectivity index (χ3n) is 2.74. The molecule has 0 radical (unpaired) electrons. The molecule has 2 amide bonds. The quantitative estimate of drug-likeness (QED) is 0.366. The molecule has 19 heavy (non-hydrogen) atoms. The summed E-state index contributed by atoms with van der Waals surface area (Å²) in [6.07, 6.45) is 0.654. The van der Waals surface area contributed by atoms with Crippen molar-refractivity contribution in [3.8, 4) is 0 Å². The van der Waals surface area contributed by atoms with Crippen LogP contribution < -0.4 is 16.4 Å². The summed E-state index contributed by atoms with van der Waals surface area (Å²) in [5, 5.41) is 13.3. The van der Waals surface area contributed by atoms with Gasteiger partial charge in [-0.15, -0.1) is 0 Å². The Bertz CT molecular complexity index is 338. The number of hydrogen-bond donors (Lipinski definition) is 5. The molecule has 0 spiro atoms. The highest BCUT2D eigenvalue weighted by atomic mass is 32.1. The zero-order chi connectivity index (χ0) is 15.0. The average Bonchev–Trinajstić information content (AvgIpc) is 2.39. The lowest BCUT2D eigenvalue weighted by Crippen LogP contribution is -2.55. The standard InChI is InChI=1S/C11H21N3O4S/c1-3-6(2)9(11(18)13-4-8(15)16)14-10(17)7(12)5-19/h6-7,9,19H,3-5,12H2,1-2H3,(H,13,18)(H,14,17)(H,15,16). The molecule has 7 nitrogen and oxygen atoms in total. The highest BCUT2D eigenvalue weighted by molar-refractivity contribution is 7.80. The molecule has 0 aliphatic rings. The first kappa shape index (κ1) is 17.7. The van der Waals surface area contributed by atoms with E-state index in [1.165, 1.54) is 0 Å². The topological polar surface area (TPSA) is 122 Å². The number of amides is 2. The minimum absolute atomic E-state index is 0.134. The Morgan fingerprint density at radius 2 is 1.89 bits per heavy atom. The molecule has 0 rings (SSSR count). The van der Waals surface area contributed by atoms with Crippen molar-refractivity contribution in [2.75, 3.05) is 12.3 Å². The molecule has 0 aromatic heterocycles. The summed E-state index contributed by atoms with van der Waals surface area (Å²) in [4.78, 5) is 33.9. The number of carbonyl (C=O) groups is 3. The third-order valence-corrected chi connectivity index (χ3v) is 3.13. The van der Waals surface area contributed by atoms with Crippen LogP contribution in [0, 0.1) is 5.92 Å². The molecule has 0 aromatic carbocycles. The first-order chi connectivity index (χ1) is 8.83. The van der Waals surface area contributed by atoms with Crippen LogP contribution in [0.3, 0.4) is 0 Å². The van der Waals surface area contributed by atoms with Crippen molar-refractivity contribution in [1.29, 1.82) is 0 Å². The molecule has 5 N–H and O–H groups in total. The van der Waals surface area contributed by atoms with Crippen LogP contribution in [0.2, 0.25) is 0 Å². The van der Waals surface area contributed by atoms with Gasteiger partial charge in [0.15, 0.2) is 0 Å². The number of carboxylic acids is 1. The fraction of sp³-hybridized carbons (Fsp3) is 0.727. The van der Waals surface area contributed by atoms with Crippen LogP contribution in [0.25, 0.3) is 0 Å². The maximum absolute atomic E-state index is 11.8. The number of thiol groups is 1. The molecule has 3 unspecified atom stereocenters. The minimum Gasteiger partial charge on any atom is -0.480 e. The van der Waals surface area contributed by atoms with Gasteiger partial charge in [0.2, 0.25) is 11.8 Å². The Labute approximate surface area is 117 Å². The van der Waals surface area contributed by atoms with E-state index >= 15 is 0 Å². The van der Waals surface area contributed by atoms with Gasteiger partial charge < -0.3 is 21.5 Å². The molecule has 0 aromatic rings. The molecule has 0 saturated heterocycles. The highest BCUT2D eigenvalue weighted by Gasteiger charge is 2.27. The van der Waals surface area contributed by atoms with E-state index in [-0.39, 0.29) is 11.7 Å². The number of carboxylic acid groups (broad SMARTS) is 1. The molecule has 8 heteroatoms. The molecule has 0 aliphatic heterocycles. The Kier molecular flexibility index (Phi) is 8.17. The average molecular weight is 291 g/mol. The van der Waals surface area contributed by atoms with E-state index in [0.717, 1.165) is 0 Å². The maximum Gasteiger partial charge on any atom is 0.322 e. The summed E-state index contributed by atoms with van der Waals surface area (Å²) in [7, 11) is 0. The summed E-state index contributed by atoms with van der Waals surface area (Å²) in [6.45, 7) is 3.17. The molecular weight excluding hydrogens is 270 g/mol. The van der Waals surface area contributed by atoms with Gasteiger partial charge in [-0.05, 0) is 5.92 Å². The Morgan fingerprint density at radius 1 is 1.32 bits per heavy atom. The summed E-state index contributed by atoms with van der Waals surface area (Å²) >= 11 is 3.91. The van der Waals surface area contributed by atoms with Crippen molar-refractivity contribution in [1.82, 2.24) is 10.6 Å². The lowest BCUT2D eigenvalue weighted by Gasteiger charge is -2.24. The number of carbonyl (C=O) groups excluding carboxylic acids is 2. The Morgan fingerprint density at radius 3 is 2.32 bits per heavy atom. The summed E-state index contributed by atoms with van der Waals surface area (Å²) in [6, 6.07) is -1.61. The molecule has 0 bridgehead atoms. The maximum atomic E-state index is 11.8. The number of nitrogens with two attached hydrogens (primary N) is 1. The van der Waals surface area contributed by atoms with Crippen molar-refractivity contribution < 1.29 is 19.5 Å². The van der Waals surface area contributed by atoms with E-state index in [2.05, 4.69) is 23.3 Å². The van der Waals surface area contributed by atoms with Crippen LogP contribution >= 0.6 is 12.6 Å². The van der Waals surface area contributed by atoms with Crippen LogP contribution in [0.4, 0.5) is 0 Å². The van der Waals surface area contributed by atoms with E-state index in [1.807, 2.05) is 6.92 Å². The van der Waals surface area contributed by atoms with Gasteiger partial charge in [0.05, 0.1) is 6.04 Å². The second-order valence-electron chi connectivity index (χ2n) is 4.27. The minimum atomic E-state index is -1.14. The van der Waals surface area contributed by atoms with Gasteiger partial charge in [-0.1, -0.05) is 20.3 Å². The van der Waals surface area contributed by atoms with Crippen molar-refractivity contribution in [2.45, 2.75) is 32.4 Å². The van der Waals surface area contributed by atoms with Gasteiger partial charge in [0.25, 0.3) is 0 Å². The van der Waals surface area contributed by atoms with Gasteiger partial charge >= 0.3 is 5.97 Å². The SMILES string of the molecule is CCC(C)C(NC(=O)C(N)CS)C(=O)NCC(=O)O. The summed E-state index contributed by atoms with van der Waals surface area (Å²) in [5.41, 5.74) is 5.51. The fourth-order valence-electron chi connectivity index (χ4n) is 1.32. The van der Waals surface area contributed by atoms with E-state index < -0.39 is 36.4 Å². The predicted octanol–water partition coefficient (Wildman–Crippen LogP) is -1.02. The van der Waals surface area contributed by atoms with Gasteiger partial charge in [0, 0.05) is 5.75 Å². The van der Waals surface area contributed by atoms with Crippen LogP contribution in [-0.4, -0.2) is 47.3 Å². The number of aliphatic carboxylic acids is 1. The van der Waals surface area contributed by atoms with Gasteiger partial charge in [0.1, 0.15) is 12.6 Å². The highest BCUT2D eigenvalue weighted by Crippen LogP contribution is 2.08. The first-order valence-electron chi connectivity index (χ1n) is 5.99. The van der Waals surface area contributed by atoms with Crippen molar-refractivity contribution >= 4 is 30.4 Å². The molecule has 0 heterocycles. The largest absolute Gasteiger partial charge is 0.480 e. The monoisotopic (exact) mass is 291 g/mol. The Hall–Kier alpha value is -1.28. The van der Waals surface area contributed by atoms with E-state index in [0.29, 0.717) is 6.42 Å². The zero-order valence-corrected chi connectivity index (χ0v) is 11.9. The molecule has 0 saturated carbocycles. The smallest absolute Gasteiger partial charge is 0.322 e. The molecule has 3 atom stereocenters. The number of nitrogens with one attached hydrogen (secondary N) is 2. The van der Waals surface area contributed by atoms with Crippen LogP contribution in [0.5, 0.6) is 0 Å².